The molecule has 1 saturated heterocycles. The van der Waals surface area contributed by atoms with E-state index >= 15 is 0 Å². The minimum Gasteiger partial charge on any atom is -0.462 e. The lowest BCUT2D eigenvalue weighted by Crippen LogP contribution is -2.29. The van der Waals surface area contributed by atoms with E-state index in [0.717, 1.165) is 19.3 Å². The molecule has 2 unspecified atom stereocenters. The highest BCUT2D eigenvalue weighted by molar-refractivity contribution is 5.73. The Balaban J connectivity index is 2.22. The average Bonchev–Trinajstić information content (AvgIpc) is 2.09. The molecule has 1 heterocycles. The lowest BCUT2D eigenvalue weighted by atomic mass is 9.93. The predicted octanol–water partition coefficient (Wildman–Crippen LogP) is 2.91. The summed E-state index contributed by atoms with van der Waals surface area (Å²) in [5, 5.41) is 0. The number of hydrogen-bond acceptors (Lipinski definition) is 2. The van der Waals surface area contributed by atoms with Gasteiger partial charge in [0.1, 0.15) is 0 Å². The topological polar surface area (TPSA) is 26.3 Å². The summed E-state index contributed by atoms with van der Waals surface area (Å²) in [4.78, 5) is 11.4. The van der Waals surface area contributed by atoms with E-state index in [-0.39, 0.29) is 18.0 Å². The molecular formula is C11H20O2. The quantitative estimate of drug-likeness (QED) is 0.496. The maximum Gasteiger partial charge on any atom is 0.309 e. The smallest absolute Gasteiger partial charge is 0.309 e. The fourth-order valence-electron chi connectivity index (χ4n) is 1.81. The van der Waals surface area contributed by atoms with Crippen LogP contribution in [0.2, 0.25) is 0 Å². The number of ether oxygens (including phenoxy) is 1. The second-order valence-corrected chi connectivity index (χ2v) is 4.02. The van der Waals surface area contributed by atoms with Crippen molar-refractivity contribution in [3.63, 3.8) is 0 Å². The molecule has 0 N–H and O–H groups in total. The zero-order valence-electron chi connectivity index (χ0n) is 8.71. The molecule has 13 heavy (non-hydrogen) atoms. The zero-order valence-corrected chi connectivity index (χ0v) is 8.71. The van der Waals surface area contributed by atoms with Gasteiger partial charge in [-0.15, -0.1) is 0 Å². The summed E-state index contributed by atoms with van der Waals surface area (Å²) in [6, 6.07) is 0. The van der Waals surface area contributed by atoms with Crippen LogP contribution in [0.1, 0.15) is 52.4 Å². The van der Waals surface area contributed by atoms with Gasteiger partial charge in [0.25, 0.3) is 0 Å². The molecule has 1 aliphatic heterocycles. The summed E-state index contributed by atoms with van der Waals surface area (Å²) >= 11 is 0. The molecule has 76 valence electrons. The summed E-state index contributed by atoms with van der Waals surface area (Å²) in [6.45, 7) is 4.15. The van der Waals surface area contributed by atoms with Gasteiger partial charge >= 0.3 is 5.97 Å². The molecule has 0 aromatic rings. The Morgan fingerprint density at radius 1 is 1.38 bits per heavy atom. The van der Waals surface area contributed by atoms with Gasteiger partial charge in [-0.1, -0.05) is 26.2 Å². The van der Waals surface area contributed by atoms with Crippen molar-refractivity contribution in [2.45, 2.75) is 58.5 Å². The molecule has 2 nitrogen and oxygen atoms in total. The van der Waals surface area contributed by atoms with E-state index in [1.807, 2.05) is 6.92 Å². The van der Waals surface area contributed by atoms with Crippen molar-refractivity contribution in [2.24, 2.45) is 5.92 Å². The highest BCUT2D eigenvalue weighted by Crippen LogP contribution is 2.24. The lowest BCUT2D eigenvalue weighted by molar-refractivity contribution is -0.159. The number of carbonyl (C=O) groups excluding carboxylic acids is 1. The molecule has 0 aromatic carbocycles. The van der Waals surface area contributed by atoms with Gasteiger partial charge in [-0.2, -0.15) is 0 Å². The first kappa shape index (κ1) is 10.6. The maximum atomic E-state index is 11.4. The fraction of sp³-hybridized carbons (Fsp3) is 0.909. The van der Waals surface area contributed by atoms with Crippen LogP contribution in [0.25, 0.3) is 0 Å². The molecule has 0 saturated carbocycles. The Hall–Kier alpha value is -0.530. The first-order valence-corrected chi connectivity index (χ1v) is 5.44. The van der Waals surface area contributed by atoms with Gasteiger partial charge in [-0.05, 0) is 26.2 Å². The van der Waals surface area contributed by atoms with E-state index in [4.69, 9.17) is 4.74 Å². The molecule has 2 heteroatoms. The second-order valence-electron chi connectivity index (χ2n) is 4.02. The molecule has 0 spiro atoms. The van der Waals surface area contributed by atoms with Crippen LogP contribution in [0.5, 0.6) is 0 Å². The number of unbranched alkanes of at least 4 members (excludes halogenated alkanes) is 2. The van der Waals surface area contributed by atoms with Gasteiger partial charge in [-0.3, -0.25) is 4.79 Å². The Kier molecular flexibility index (Phi) is 4.26. The van der Waals surface area contributed by atoms with E-state index in [1.165, 1.54) is 19.3 Å². The van der Waals surface area contributed by atoms with Gasteiger partial charge in [-0.25, -0.2) is 0 Å². The molecule has 0 radical (unpaired) electrons. The second kappa shape index (κ2) is 5.25. The number of hydrogen-bond donors (Lipinski definition) is 0. The van der Waals surface area contributed by atoms with E-state index in [9.17, 15) is 4.79 Å². The molecule has 2 atom stereocenters. The van der Waals surface area contributed by atoms with Crippen LogP contribution in [0.15, 0.2) is 0 Å². The van der Waals surface area contributed by atoms with Crippen LogP contribution >= 0.6 is 0 Å². The van der Waals surface area contributed by atoms with Crippen molar-refractivity contribution < 1.29 is 9.53 Å². The third-order valence-corrected chi connectivity index (χ3v) is 2.73. The predicted molar refractivity (Wildman–Crippen MR) is 52.4 cm³/mol. The van der Waals surface area contributed by atoms with Gasteiger partial charge in [0, 0.05) is 0 Å². The summed E-state index contributed by atoms with van der Waals surface area (Å²) in [6.07, 6.45) is 6.88. The van der Waals surface area contributed by atoms with Gasteiger partial charge < -0.3 is 4.74 Å². The highest BCUT2D eigenvalue weighted by atomic mass is 16.5. The van der Waals surface area contributed by atoms with Gasteiger partial charge in [0.05, 0.1) is 12.0 Å². The number of rotatable bonds is 4. The molecule has 1 rings (SSSR count). The van der Waals surface area contributed by atoms with Crippen LogP contribution in [0.4, 0.5) is 0 Å². The van der Waals surface area contributed by atoms with Crippen LogP contribution in [0.3, 0.4) is 0 Å². The standard InChI is InChI=1S/C11H20O2/c1-3-4-5-6-10-8-7-9(2)13-11(10)12/h9-10H,3-8H2,1-2H3. The number of esters is 1. The summed E-state index contributed by atoms with van der Waals surface area (Å²) in [5.74, 6) is 0.234. The Labute approximate surface area is 80.7 Å². The van der Waals surface area contributed by atoms with Gasteiger partial charge in [0.15, 0.2) is 0 Å². The SMILES string of the molecule is CCCCCC1CCC(C)OC1=O. The molecule has 0 bridgehead atoms. The highest BCUT2D eigenvalue weighted by Gasteiger charge is 2.26. The molecular weight excluding hydrogens is 164 g/mol. The van der Waals surface area contributed by atoms with E-state index in [0.29, 0.717) is 0 Å². The normalized spacial score (nSPS) is 28.6. The third kappa shape index (κ3) is 3.37. The fourth-order valence-corrected chi connectivity index (χ4v) is 1.81. The minimum absolute atomic E-state index is 0.0369. The monoisotopic (exact) mass is 184 g/mol. The van der Waals surface area contributed by atoms with Crippen molar-refractivity contribution in [1.82, 2.24) is 0 Å². The van der Waals surface area contributed by atoms with E-state index < -0.39 is 0 Å². The van der Waals surface area contributed by atoms with Gasteiger partial charge in [0.2, 0.25) is 0 Å². The molecule has 0 aliphatic carbocycles. The van der Waals surface area contributed by atoms with Crippen LogP contribution in [-0.4, -0.2) is 12.1 Å². The minimum atomic E-state index is 0.0369. The summed E-state index contributed by atoms with van der Waals surface area (Å²) in [7, 11) is 0. The molecule has 0 amide bonds. The third-order valence-electron chi connectivity index (χ3n) is 2.73. The molecule has 0 aromatic heterocycles. The summed E-state index contributed by atoms with van der Waals surface area (Å²) in [5.41, 5.74) is 0. The van der Waals surface area contributed by atoms with E-state index in [1.54, 1.807) is 0 Å². The first-order chi connectivity index (χ1) is 6.24. The largest absolute Gasteiger partial charge is 0.462 e. The average molecular weight is 184 g/mol. The van der Waals surface area contributed by atoms with Crippen molar-refractivity contribution in [3.05, 3.63) is 0 Å². The van der Waals surface area contributed by atoms with E-state index in [2.05, 4.69) is 6.92 Å². The Morgan fingerprint density at radius 2 is 2.15 bits per heavy atom. The van der Waals surface area contributed by atoms with Crippen LogP contribution in [-0.2, 0) is 9.53 Å². The maximum absolute atomic E-state index is 11.4. The lowest BCUT2D eigenvalue weighted by Gasteiger charge is -2.25. The molecule has 1 aliphatic rings. The van der Waals surface area contributed by atoms with Crippen molar-refractivity contribution >= 4 is 5.97 Å². The van der Waals surface area contributed by atoms with Crippen molar-refractivity contribution in [3.8, 4) is 0 Å². The Bertz CT molecular complexity index is 165. The van der Waals surface area contributed by atoms with Crippen molar-refractivity contribution in [2.75, 3.05) is 0 Å². The number of cyclic esters (lactones) is 1. The van der Waals surface area contributed by atoms with Crippen LogP contribution in [0, 0.1) is 5.92 Å². The zero-order chi connectivity index (χ0) is 9.68. The van der Waals surface area contributed by atoms with Crippen molar-refractivity contribution in [1.29, 1.82) is 0 Å². The first-order valence-electron chi connectivity index (χ1n) is 5.44. The number of carbonyl (C=O) groups is 1. The van der Waals surface area contributed by atoms with Crippen LogP contribution < -0.4 is 0 Å². The summed E-state index contributed by atoms with van der Waals surface area (Å²) < 4.78 is 5.19. The Morgan fingerprint density at radius 3 is 2.77 bits per heavy atom. The molecule has 1 fully saturated rings.